The molecule has 0 saturated carbocycles. The van der Waals surface area contributed by atoms with Crippen LogP contribution in [0.3, 0.4) is 0 Å². The Hall–Kier alpha value is -2.07. The van der Waals surface area contributed by atoms with Crippen molar-refractivity contribution < 1.29 is 36.2 Å². The zero-order valence-corrected chi connectivity index (χ0v) is 14.5. The quantitative estimate of drug-likeness (QED) is 0.485. The predicted octanol–water partition coefficient (Wildman–Crippen LogP) is 5.21. The molecule has 2 aromatic carbocycles. The van der Waals surface area contributed by atoms with Crippen LogP contribution >= 0.6 is 11.8 Å². The van der Waals surface area contributed by atoms with Crippen LogP contribution in [0.25, 0.3) is 0 Å². The smallest absolute Gasteiger partial charge is 0.446 e. The summed E-state index contributed by atoms with van der Waals surface area (Å²) in [5, 5.41) is 11.5. The third kappa shape index (κ3) is 7.22. The average molecular weight is 411 g/mol. The first kappa shape index (κ1) is 21.2. The van der Waals surface area contributed by atoms with Crippen LogP contribution in [0.5, 0.6) is 5.75 Å². The number of anilines is 1. The molecule has 0 amide bonds. The monoisotopic (exact) mass is 411 g/mol. The van der Waals surface area contributed by atoms with E-state index in [0.29, 0.717) is 5.56 Å². The number of halogens is 6. The van der Waals surface area contributed by atoms with Crippen molar-refractivity contribution in [3.8, 4) is 5.75 Å². The lowest BCUT2D eigenvalue weighted by molar-refractivity contribution is -0.198. The summed E-state index contributed by atoms with van der Waals surface area (Å²) in [5.41, 5.74) is -3.72. The van der Waals surface area contributed by atoms with Crippen molar-refractivity contribution in [3.63, 3.8) is 0 Å². The molecule has 0 heterocycles. The zero-order chi connectivity index (χ0) is 20.1. The van der Waals surface area contributed by atoms with E-state index in [1.807, 2.05) is 0 Å². The first-order valence-corrected chi connectivity index (χ1v) is 8.41. The lowest BCUT2D eigenvalue weighted by Crippen LogP contribution is -2.35. The molecule has 3 nitrogen and oxygen atoms in total. The standard InChI is InChI=1S/C17H15F6NO2S/c18-16(19,20)15(25)9-24-13-6-1-2-7-14(13)26-10-11-4-3-5-12(8-11)27-17(21,22)23/h1-8,15,24-25H,9-10H2. The Morgan fingerprint density at radius 1 is 1.00 bits per heavy atom. The van der Waals surface area contributed by atoms with Gasteiger partial charge in [-0.1, -0.05) is 24.3 Å². The highest BCUT2D eigenvalue weighted by molar-refractivity contribution is 8.00. The second-order valence-electron chi connectivity index (χ2n) is 5.42. The Balaban J connectivity index is 2.01. The number of thioether (sulfide) groups is 1. The summed E-state index contributed by atoms with van der Waals surface area (Å²) in [4.78, 5) is 0.00306. The molecule has 0 aliphatic rings. The van der Waals surface area contributed by atoms with Gasteiger partial charge in [0.15, 0.2) is 6.10 Å². The lowest BCUT2D eigenvalue weighted by atomic mass is 10.2. The lowest BCUT2D eigenvalue weighted by Gasteiger charge is -2.18. The van der Waals surface area contributed by atoms with Crippen LogP contribution in [0, 0.1) is 0 Å². The number of ether oxygens (including phenoxy) is 1. The van der Waals surface area contributed by atoms with Crippen molar-refractivity contribution in [1.29, 1.82) is 0 Å². The molecule has 27 heavy (non-hydrogen) atoms. The molecular formula is C17H15F6NO2S. The fraction of sp³-hybridized carbons (Fsp3) is 0.294. The summed E-state index contributed by atoms with van der Waals surface area (Å²) in [5.74, 6) is 0.209. The normalized spacial score (nSPS) is 13.3. The summed E-state index contributed by atoms with van der Waals surface area (Å²) in [6.07, 6.45) is -7.29. The largest absolute Gasteiger partial charge is 0.487 e. The van der Waals surface area contributed by atoms with Crippen LogP contribution in [-0.2, 0) is 6.61 Å². The van der Waals surface area contributed by atoms with Gasteiger partial charge in [-0.15, -0.1) is 0 Å². The number of aliphatic hydroxyl groups is 1. The van der Waals surface area contributed by atoms with Crippen molar-refractivity contribution >= 4 is 17.4 Å². The van der Waals surface area contributed by atoms with Gasteiger partial charge in [0.05, 0.1) is 5.69 Å². The van der Waals surface area contributed by atoms with Crippen molar-refractivity contribution in [3.05, 3.63) is 54.1 Å². The number of para-hydroxylation sites is 2. The van der Waals surface area contributed by atoms with Gasteiger partial charge in [-0.3, -0.25) is 0 Å². The third-order valence-electron chi connectivity index (χ3n) is 3.28. The van der Waals surface area contributed by atoms with Gasteiger partial charge in [-0.05, 0) is 41.6 Å². The van der Waals surface area contributed by atoms with Crippen molar-refractivity contribution in [2.24, 2.45) is 0 Å². The fourth-order valence-electron chi connectivity index (χ4n) is 2.05. The Morgan fingerprint density at radius 3 is 2.37 bits per heavy atom. The number of benzene rings is 2. The van der Waals surface area contributed by atoms with Crippen LogP contribution in [-0.4, -0.2) is 29.4 Å². The SMILES string of the molecule is OC(CNc1ccccc1OCc1cccc(SC(F)(F)F)c1)C(F)(F)F. The molecule has 2 aromatic rings. The van der Waals surface area contributed by atoms with Crippen LogP contribution in [0.15, 0.2) is 53.4 Å². The van der Waals surface area contributed by atoms with Gasteiger partial charge in [0, 0.05) is 11.4 Å². The van der Waals surface area contributed by atoms with Crippen molar-refractivity contribution in [1.82, 2.24) is 0 Å². The van der Waals surface area contributed by atoms with Crippen LogP contribution in [0.4, 0.5) is 32.0 Å². The summed E-state index contributed by atoms with van der Waals surface area (Å²) in [7, 11) is 0. The van der Waals surface area contributed by atoms with Gasteiger partial charge in [0.1, 0.15) is 12.4 Å². The molecule has 0 saturated heterocycles. The minimum atomic E-state index is -4.75. The summed E-state index contributed by atoms with van der Waals surface area (Å²) >= 11 is -0.249. The van der Waals surface area contributed by atoms with E-state index in [1.165, 1.54) is 30.3 Å². The number of aliphatic hydroxyl groups excluding tert-OH is 1. The van der Waals surface area contributed by atoms with E-state index in [9.17, 15) is 26.3 Å². The van der Waals surface area contributed by atoms with Crippen LogP contribution in [0.1, 0.15) is 5.56 Å². The highest BCUT2D eigenvalue weighted by atomic mass is 32.2. The molecule has 0 spiro atoms. The van der Waals surface area contributed by atoms with E-state index in [0.717, 1.165) is 0 Å². The molecule has 0 fully saturated rings. The fourth-order valence-corrected chi connectivity index (χ4v) is 2.68. The summed E-state index contributed by atoms with van der Waals surface area (Å²) in [6.45, 7) is -0.839. The second-order valence-corrected chi connectivity index (χ2v) is 6.56. The number of alkyl halides is 6. The minimum absolute atomic E-state index is 0.00306. The topological polar surface area (TPSA) is 41.5 Å². The predicted molar refractivity (Wildman–Crippen MR) is 89.7 cm³/mol. The minimum Gasteiger partial charge on any atom is -0.487 e. The maximum atomic E-state index is 12.4. The molecule has 2 rings (SSSR count). The Kier molecular flexibility index (Phi) is 6.88. The van der Waals surface area contributed by atoms with Gasteiger partial charge in [0.2, 0.25) is 0 Å². The molecule has 148 valence electrons. The summed E-state index contributed by atoms with van der Waals surface area (Å²) < 4.78 is 79.9. The summed E-state index contributed by atoms with van der Waals surface area (Å²) in [6, 6.07) is 11.8. The molecular weight excluding hydrogens is 396 g/mol. The molecule has 0 aliphatic heterocycles. The van der Waals surface area contributed by atoms with E-state index in [2.05, 4.69) is 5.32 Å². The second kappa shape index (κ2) is 8.75. The Labute approximate surface area is 155 Å². The molecule has 1 unspecified atom stereocenters. The maximum absolute atomic E-state index is 12.4. The van der Waals surface area contributed by atoms with E-state index in [-0.39, 0.29) is 34.7 Å². The van der Waals surface area contributed by atoms with Gasteiger partial charge < -0.3 is 15.2 Å². The number of hydrogen-bond donors (Lipinski definition) is 2. The molecule has 0 aromatic heterocycles. The van der Waals surface area contributed by atoms with Crippen LogP contribution < -0.4 is 10.1 Å². The van der Waals surface area contributed by atoms with E-state index >= 15 is 0 Å². The van der Waals surface area contributed by atoms with E-state index in [1.54, 1.807) is 18.2 Å². The van der Waals surface area contributed by atoms with Crippen molar-refractivity contribution in [2.45, 2.75) is 29.3 Å². The van der Waals surface area contributed by atoms with Gasteiger partial charge in [-0.2, -0.15) is 26.3 Å². The Bertz CT molecular complexity index is 751. The first-order chi connectivity index (χ1) is 12.5. The van der Waals surface area contributed by atoms with Crippen LogP contribution in [0.2, 0.25) is 0 Å². The molecule has 0 bridgehead atoms. The number of rotatable bonds is 7. The van der Waals surface area contributed by atoms with Gasteiger partial charge in [-0.25, -0.2) is 0 Å². The molecule has 1 atom stereocenters. The van der Waals surface area contributed by atoms with E-state index < -0.39 is 24.3 Å². The van der Waals surface area contributed by atoms with Gasteiger partial charge >= 0.3 is 11.7 Å². The third-order valence-corrected chi connectivity index (χ3v) is 4.00. The number of nitrogens with one attached hydrogen (secondary N) is 1. The molecule has 0 aliphatic carbocycles. The number of hydrogen-bond acceptors (Lipinski definition) is 4. The maximum Gasteiger partial charge on any atom is 0.446 e. The molecule has 2 N–H and O–H groups in total. The highest BCUT2D eigenvalue weighted by Crippen LogP contribution is 2.37. The first-order valence-electron chi connectivity index (χ1n) is 7.60. The zero-order valence-electron chi connectivity index (χ0n) is 13.6. The van der Waals surface area contributed by atoms with E-state index in [4.69, 9.17) is 9.84 Å². The highest BCUT2D eigenvalue weighted by Gasteiger charge is 2.37. The van der Waals surface area contributed by atoms with Gasteiger partial charge in [0.25, 0.3) is 0 Å². The van der Waals surface area contributed by atoms with Crippen molar-refractivity contribution in [2.75, 3.05) is 11.9 Å². The Morgan fingerprint density at radius 2 is 1.70 bits per heavy atom. The average Bonchev–Trinajstić information content (AvgIpc) is 2.56. The molecule has 10 heteroatoms. The molecule has 0 radical (unpaired) electrons.